The minimum Gasteiger partial charge on any atom is -0.149 e. The Labute approximate surface area is 98.2 Å². The highest BCUT2D eigenvalue weighted by atomic mass is 35.5. The Morgan fingerprint density at radius 1 is 1.00 bits per heavy atom. The third-order valence-corrected chi connectivity index (χ3v) is 3.07. The second-order valence-corrected chi connectivity index (χ2v) is 4.68. The first-order valence-electron chi connectivity index (χ1n) is 5.51. The molecule has 0 heterocycles. The van der Waals surface area contributed by atoms with Crippen LogP contribution in [0.1, 0.15) is 45.4 Å². The van der Waals surface area contributed by atoms with Crippen molar-refractivity contribution in [3.8, 4) is 11.8 Å². The number of hydrogen-bond donors (Lipinski definition) is 0. The number of alkyl halides is 1. The number of rotatable bonds is 8. The van der Waals surface area contributed by atoms with E-state index in [9.17, 15) is 0 Å². The lowest BCUT2D eigenvalue weighted by molar-refractivity contribution is 0.627. The minimum atomic E-state index is 0.470. The van der Waals surface area contributed by atoms with Crippen LogP contribution in [0.25, 0.3) is 0 Å². The van der Waals surface area contributed by atoms with Crippen molar-refractivity contribution in [2.75, 3.05) is 17.4 Å². The van der Waals surface area contributed by atoms with E-state index >= 15 is 0 Å². The average Bonchev–Trinajstić information content (AvgIpc) is 2.21. The highest BCUT2D eigenvalue weighted by Gasteiger charge is 1.89. The molecular formula is C12H21ClS. The summed E-state index contributed by atoms with van der Waals surface area (Å²) in [4.78, 5) is 0. The molecule has 0 saturated heterocycles. The lowest BCUT2D eigenvalue weighted by Crippen LogP contribution is -1.83. The van der Waals surface area contributed by atoms with Crippen molar-refractivity contribution in [2.45, 2.75) is 45.4 Å². The fourth-order valence-corrected chi connectivity index (χ4v) is 2.06. The largest absolute Gasteiger partial charge is 0.149 e. The molecule has 0 unspecified atom stereocenters. The molecule has 14 heavy (non-hydrogen) atoms. The summed E-state index contributed by atoms with van der Waals surface area (Å²) in [6.45, 7) is 2.26. The molecule has 0 fully saturated rings. The highest BCUT2D eigenvalue weighted by Crippen LogP contribution is 2.08. The summed E-state index contributed by atoms with van der Waals surface area (Å²) in [6, 6.07) is 0. The van der Waals surface area contributed by atoms with E-state index in [0.717, 1.165) is 5.75 Å². The average molecular weight is 233 g/mol. The van der Waals surface area contributed by atoms with Crippen LogP contribution < -0.4 is 0 Å². The van der Waals surface area contributed by atoms with Crippen molar-refractivity contribution >= 4 is 23.4 Å². The minimum absolute atomic E-state index is 0.470. The van der Waals surface area contributed by atoms with Crippen LogP contribution in [0.4, 0.5) is 0 Å². The van der Waals surface area contributed by atoms with Crippen LogP contribution >= 0.6 is 23.4 Å². The summed E-state index contributed by atoms with van der Waals surface area (Å²) in [7, 11) is 0. The standard InChI is InChI=1S/C12H21ClS/c1-2-3-4-5-6-8-11-14-12-9-7-10-13/h2-6,8,10-12H2,1H3. The zero-order chi connectivity index (χ0) is 10.5. The second-order valence-electron chi connectivity index (χ2n) is 3.31. The molecule has 0 aromatic heterocycles. The van der Waals surface area contributed by atoms with Crippen LogP contribution in [-0.4, -0.2) is 17.4 Å². The molecule has 0 N–H and O–H groups in total. The molecule has 0 atom stereocenters. The smallest absolute Gasteiger partial charge is 0.0835 e. The van der Waals surface area contributed by atoms with Gasteiger partial charge in [0.05, 0.1) is 11.6 Å². The number of thioether (sulfide) groups is 1. The maximum Gasteiger partial charge on any atom is 0.0835 e. The monoisotopic (exact) mass is 232 g/mol. The molecule has 0 spiro atoms. The van der Waals surface area contributed by atoms with Gasteiger partial charge in [0.15, 0.2) is 0 Å². The quantitative estimate of drug-likeness (QED) is 0.341. The number of unbranched alkanes of at least 4 members (excludes halogenated alkanes) is 5. The summed E-state index contributed by atoms with van der Waals surface area (Å²) >= 11 is 7.35. The van der Waals surface area contributed by atoms with Gasteiger partial charge in [-0.25, -0.2) is 0 Å². The first-order valence-corrected chi connectivity index (χ1v) is 7.20. The Morgan fingerprint density at radius 3 is 2.43 bits per heavy atom. The Balaban J connectivity index is 2.92. The van der Waals surface area contributed by atoms with E-state index in [1.54, 1.807) is 0 Å². The van der Waals surface area contributed by atoms with Gasteiger partial charge in [0.25, 0.3) is 0 Å². The Bertz CT molecular complexity index is 157. The third kappa shape index (κ3) is 12.2. The Hall–Kier alpha value is 0.200. The molecule has 0 saturated carbocycles. The fraction of sp³-hybridized carbons (Fsp3) is 0.833. The normalized spacial score (nSPS) is 9.57. The maximum atomic E-state index is 5.43. The first-order chi connectivity index (χ1) is 6.91. The van der Waals surface area contributed by atoms with E-state index in [2.05, 4.69) is 18.8 Å². The topological polar surface area (TPSA) is 0 Å². The van der Waals surface area contributed by atoms with Gasteiger partial charge in [0, 0.05) is 0 Å². The molecule has 82 valence electrons. The third-order valence-electron chi connectivity index (χ3n) is 2.01. The van der Waals surface area contributed by atoms with Gasteiger partial charge in [-0.1, -0.05) is 50.9 Å². The van der Waals surface area contributed by atoms with Crippen LogP contribution in [0, 0.1) is 11.8 Å². The summed E-state index contributed by atoms with van der Waals surface area (Å²) in [6.07, 6.45) is 8.28. The molecule has 0 aliphatic rings. The zero-order valence-corrected chi connectivity index (χ0v) is 10.7. The van der Waals surface area contributed by atoms with Crippen LogP contribution in [0.5, 0.6) is 0 Å². The van der Waals surface area contributed by atoms with E-state index < -0.39 is 0 Å². The second kappa shape index (κ2) is 13.2. The molecule has 0 aromatic rings. The van der Waals surface area contributed by atoms with Gasteiger partial charge in [-0.15, -0.1) is 23.4 Å². The van der Waals surface area contributed by atoms with Gasteiger partial charge in [-0.05, 0) is 12.2 Å². The van der Waals surface area contributed by atoms with Crippen LogP contribution in [-0.2, 0) is 0 Å². The van der Waals surface area contributed by atoms with Gasteiger partial charge in [0.2, 0.25) is 0 Å². The van der Waals surface area contributed by atoms with Crippen LogP contribution in [0.3, 0.4) is 0 Å². The summed E-state index contributed by atoms with van der Waals surface area (Å²) in [5.74, 6) is 8.56. The van der Waals surface area contributed by atoms with Crippen molar-refractivity contribution in [3.05, 3.63) is 0 Å². The summed E-state index contributed by atoms with van der Waals surface area (Å²) in [5.41, 5.74) is 0. The van der Waals surface area contributed by atoms with Crippen LogP contribution in [0.2, 0.25) is 0 Å². The first kappa shape index (κ1) is 14.2. The van der Waals surface area contributed by atoms with Gasteiger partial charge in [-0.2, -0.15) is 0 Å². The molecule has 0 amide bonds. The number of hydrogen-bond acceptors (Lipinski definition) is 1. The molecule has 0 rings (SSSR count). The van der Waals surface area contributed by atoms with Gasteiger partial charge in [-0.3, -0.25) is 0 Å². The van der Waals surface area contributed by atoms with Crippen molar-refractivity contribution in [1.82, 2.24) is 0 Å². The van der Waals surface area contributed by atoms with E-state index in [1.807, 2.05) is 11.8 Å². The van der Waals surface area contributed by atoms with Crippen molar-refractivity contribution in [1.29, 1.82) is 0 Å². The lowest BCUT2D eigenvalue weighted by atomic mass is 10.1. The van der Waals surface area contributed by atoms with Crippen LogP contribution in [0.15, 0.2) is 0 Å². The molecule has 0 aliphatic heterocycles. The van der Waals surface area contributed by atoms with E-state index in [1.165, 1.54) is 44.3 Å². The summed E-state index contributed by atoms with van der Waals surface area (Å²) < 4.78 is 0. The zero-order valence-electron chi connectivity index (χ0n) is 9.15. The Kier molecular flexibility index (Phi) is 13.4. The maximum absolute atomic E-state index is 5.43. The molecular weight excluding hydrogens is 212 g/mol. The molecule has 0 bridgehead atoms. The lowest BCUT2D eigenvalue weighted by Gasteiger charge is -1.99. The van der Waals surface area contributed by atoms with Crippen molar-refractivity contribution in [2.24, 2.45) is 0 Å². The molecule has 0 aromatic carbocycles. The molecule has 0 radical (unpaired) electrons. The summed E-state index contributed by atoms with van der Waals surface area (Å²) in [5, 5.41) is 0. The number of halogens is 1. The predicted molar refractivity (Wildman–Crippen MR) is 69.2 cm³/mol. The van der Waals surface area contributed by atoms with E-state index in [4.69, 9.17) is 11.6 Å². The van der Waals surface area contributed by atoms with Gasteiger partial charge < -0.3 is 0 Å². The fourth-order valence-electron chi connectivity index (χ4n) is 1.21. The van der Waals surface area contributed by atoms with Crippen molar-refractivity contribution in [3.63, 3.8) is 0 Å². The molecule has 0 aliphatic carbocycles. The molecule has 2 heteroatoms. The van der Waals surface area contributed by atoms with Gasteiger partial charge in [0.1, 0.15) is 0 Å². The highest BCUT2D eigenvalue weighted by molar-refractivity contribution is 7.99. The predicted octanol–water partition coefficient (Wildman–Crippen LogP) is 4.32. The molecule has 0 nitrogen and oxygen atoms in total. The van der Waals surface area contributed by atoms with E-state index in [-0.39, 0.29) is 0 Å². The van der Waals surface area contributed by atoms with Crippen molar-refractivity contribution < 1.29 is 0 Å². The van der Waals surface area contributed by atoms with E-state index in [0.29, 0.717) is 5.88 Å². The SMILES string of the molecule is CCCCCCCCSCC#CCCl. The van der Waals surface area contributed by atoms with Gasteiger partial charge >= 0.3 is 0 Å². The Morgan fingerprint density at radius 2 is 1.71 bits per heavy atom.